The van der Waals surface area contributed by atoms with Gasteiger partial charge >= 0.3 is 0 Å². The molecule has 1 fully saturated rings. The third kappa shape index (κ3) is 3.56. The van der Waals surface area contributed by atoms with Gasteiger partial charge in [0.25, 0.3) is 11.6 Å². The number of carbonyl (C=O) groups is 2. The van der Waals surface area contributed by atoms with Crippen molar-refractivity contribution >= 4 is 23.6 Å². The van der Waals surface area contributed by atoms with Gasteiger partial charge in [0.2, 0.25) is 0 Å². The number of piperazine rings is 1. The minimum absolute atomic E-state index is 0.0831. The van der Waals surface area contributed by atoms with Gasteiger partial charge in [-0.05, 0) is 36.8 Å². The van der Waals surface area contributed by atoms with Crippen LogP contribution in [-0.2, 0) is 0 Å². The molecular weight excluding hydrogens is 334 g/mol. The predicted molar refractivity (Wildman–Crippen MR) is 97.8 cm³/mol. The van der Waals surface area contributed by atoms with E-state index in [1.807, 2.05) is 19.1 Å². The van der Waals surface area contributed by atoms with E-state index in [4.69, 9.17) is 0 Å². The van der Waals surface area contributed by atoms with Crippen molar-refractivity contribution in [3.05, 3.63) is 69.3 Å². The zero-order valence-electron chi connectivity index (χ0n) is 14.4. The molecule has 1 aliphatic rings. The summed E-state index contributed by atoms with van der Waals surface area (Å²) in [4.78, 5) is 37.8. The van der Waals surface area contributed by atoms with Crippen LogP contribution in [-0.4, -0.2) is 48.2 Å². The molecule has 1 heterocycles. The highest BCUT2D eigenvalue weighted by atomic mass is 16.6. The molecule has 0 bridgehead atoms. The summed E-state index contributed by atoms with van der Waals surface area (Å²) in [7, 11) is 0. The Morgan fingerprint density at radius 2 is 1.85 bits per heavy atom. The zero-order chi connectivity index (χ0) is 18.7. The van der Waals surface area contributed by atoms with Crippen molar-refractivity contribution in [3.63, 3.8) is 0 Å². The second-order valence-electron chi connectivity index (χ2n) is 6.25. The van der Waals surface area contributed by atoms with Gasteiger partial charge in [0.1, 0.15) is 6.29 Å². The Morgan fingerprint density at radius 3 is 2.46 bits per heavy atom. The Labute approximate surface area is 151 Å². The van der Waals surface area contributed by atoms with Crippen molar-refractivity contribution in [2.24, 2.45) is 0 Å². The van der Waals surface area contributed by atoms with E-state index in [0.29, 0.717) is 37.3 Å². The molecular formula is C19H19N3O4. The lowest BCUT2D eigenvalue weighted by atomic mass is 10.1. The van der Waals surface area contributed by atoms with Gasteiger partial charge in [0.05, 0.1) is 4.92 Å². The van der Waals surface area contributed by atoms with Crippen LogP contribution in [0.2, 0.25) is 0 Å². The van der Waals surface area contributed by atoms with E-state index in [-0.39, 0.29) is 11.6 Å². The lowest BCUT2D eigenvalue weighted by Crippen LogP contribution is -2.48. The Kier molecular flexibility index (Phi) is 4.97. The molecule has 0 unspecified atom stereocenters. The van der Waals surface area contributed by atoms with Crippen LogP contribution < -0.4 is 4.90 Å². The van der Waals surface area contributed by atoms with E-state index < -0.39 is 4.92 Å². The molecule has 1 amide bonds. The second kappa shape index (κ2) is 7.35. The Morgan fingerprint density at radius 1 is 1.12 bits per heavy atom. The molecule has 7 nitrogen and oxygen atoms in total. The van der Waals surface area contributed by atoms with E-state index in [1.54, 1.807) is 17.0 Å². The normalized spacial score (nSPS) is 14.2. The van der Waals surface area contributed by atoms with Crippen molar-refractivity contribution in [2.75, 3.05) is 31.1 Å². The molecule has 3 rings (SSSR count). The van der Waals surface area contributed by atoms with Crippen LogP contribution in [0.15, 0.2) is 42.5 Å². The van der Waals surface area contributed by atoms with Crippen molar-refractivity contribution in [1.29, 1.82) is 0 Å². The molecule has 2 aromatic rings. The first-order chi connectivity index (χ1) is 12.5. The van der Waals surface area contributed by atoms with Gasteiger partial charge in [0.15, 0.2) is 0 Å². The average molecular weight is 353 g/mol. The number of nitro benzene ring substituents is 1. The van der Waals surface area contributed by atoms with Crippen molar-refractivity contribution in [3.8, 4) is 0 Å². The van der Waals surface area contributed by atoms with E-state index in [1.165, 1.54) is 18.2 Å². The van der Waals surface area contributed by atoms with Gasteiger partial charge in [0, 0.05) is 55.1 Å². The smallest absolute Gasteiger partial charge is 0.270 e. The molecule has 0 saturated carbocycles. The van der Waals surface area contributed by atoms with Crippen molar-refractivity contribution < 1.29 is 14.5 Å². The number of rotatable bonds is 4. The summed E-state index contributed by atoms with van der Waals surface area (Å²) in [5.41, 5.74) is 2.87. The monoisotopic (exact) mass is 353 g/mol. The molecule has 26 heavy (non-hydrogen) atoms. The van der Waals surface area contributed by atoms with Gasteiger partial charge in [-0.3, -0.25) is 19.7 Å². The van der Waals surface area contributed by atoms with Gasteiger partial charge in [-0.25, -0.2) is 0 Å². The first-order valence-electron chi connectivity index (χ1n) is 8.34. The summed E-state index contributed by atoms with van der Waals surface area (Å²) in [6, 6.07) is 11.5. The van der Waals surface area contributed by atoms with Crippen molar-refractivity contribution in [1.82, 2.24) is 4.90 Å². The Balaban J connectivity index is 1.67. The standard InChI is InChI=1S/C19H19N3O4/c1-14-11-17(6-5-16(14)13-23)20-7-9-21(10-8-20)19(24)15-3-2-4-18(12-15)22(25)26/h2-6,11-13H,7-10H2,1H3. The van der Waals surface area contributed by atoms with E-state index >= 15 is 0 Å². The van der Waals surface area contributed by atoms with Crippen LogP contribution in [0.1, 0.15) is 26.3 Å². The van der Waals surface area contributed by atoms with Crippen LogP contribution >= 0.6 is 0 Å². The average Bonchev–Trinajstić information content (AvgIpc) is 2.67. The zero-order valence-corrected chi connectivity index (χ0v) is 14.4. The van der Waals surface area contributed by atoms with Crippen LogP contribution in [0.25, 0.3) is 0 Å². The maximum absolute atomic E-state index is 12.6. The molecule has 1 aliphatic heterocycles. The topological polar surface area (TPSA) is 83.8 Å². The van der Waals surface area contributed by atoms with E-state index in [0.717, 1.165) is 17.5 Å². The molecule has 0 atom stereocenters. The fourth-order valence-electron chi connectivity index (χ4n) is 3.09. The summed E-state index contributed by atoms with van der Waals surface area (Å²) < 4.78 is 0. The molecule has 0 aliphatic carbocycles. The third-order valence-electron chi connectivity index (χ3n) is 4.62. The quantitative estimate of drug-likeness (QED) is 0.479. The fourth-order valence-corrected chi connectivity index (χ4v) is 3.09. The summed E-state index contributed by atoms with van der Waals surface area (Å²) in [6.07, 6.45) is 0.842. The molecule has 7 heteroatoms. The summed E-state index contributed by atoms with van der Waals surface area (Å²) >= 11 is 0. The number of carbonyl (C=O) groups excluding carboxylic acids is 2. The van der Waals surface area contributed by atoms with E-state index in [2.05, 4.69) is 4.90 Å². The number of hydrogen-bond acceptors (Lipinski definition) is 5. The molecule has 0 aromatic heterocycles. The van der Waals surface area contributed by atoms with Gasteiger partial charge in [-0.2, -0.15) is 0 Å². The number of aryl methyl sites for hydroxylation is 1. The highest BCUT2D eigenvalue weighted by molar-refractivity contribution is 5.95. The maximum atomic E-state index is 12.6. The number of amides is 1. The number of aldehydes is 1. The fraction of sp³-hybridized carbons (Fsp3) is 0.263. The minimum Gasteiger partial charge on any atom is -0.368 e. The van der Waals surface area contributed by atoms with Gasteiger partial charge < -0.3 is 9.80 Å². The number of non-ortho nitro benzene ring substituents is 1. The summed E-state index contributed by atoms with van der Waals surface area (Å²) in [5.74, 6) is -0.194. The van der Waals surface area contributed by atoms with Gasteiger partial charge in [-0.1, -0.05) is 6.07 Å². The number of nitrogens with zero attached hydrogens (tertiary/aromatic N) is 3. The minimum atomic E-state index is -0.500. The molecule has 0 N–H and O–H groups in total. The summed E-state index contributed by atoms with van der Waals surface area (Å²) in [6.45, 7) is 4.31. The number of hydrogen-bond donors (Lipinski definition) is 0. The number of nitro groups is 1. The SMILES string of the molecule is Cc1cc(N2CCN(C(=O)c3cccc([N+](=O)[O-])c3)CC2)ccc1C=O. The van der Waals surface area contributed by atoms with Crippen LogP contribution in [0.4, 0.5) is 11.4 Å². The summed E-state index contributed by atoms with van der Waals surface area (Å²) in [5, 5.41) is 10.9. The lowest BCUT2D eigenvalue weighted by Gasteiger charge is -2.36. The Bertz CT molecular complexity index is 858. The van der Waals surface area contributed by atoms with E-state index in [9.17, 15) is 19.7 Å². The van der Waals surface area contributed by atoms with Crippen LogP contribution in [0, 0.1) is 17.0 Å². The van der Waals surface area contributed by atoms with Crippen molar-refractivity contribution in [2.45, 2.75) is 6.92 Å². The van der Waals surface area contributed by atoms with Crippen LogP contribution in [0.5, 0.6) is 0 Å². The molecule has 0 spiro atoms. The van der Waals surface area contributed by atoms with Crippen LogP contribution in [0.3, 0.4) is 0 Å². The first-order valence-corrected chi connectivity index (χ1v) is 8.34. The third-order valence-corrected chi connectivity index (χ3v) is 4.62. The van der Waals surface area contributed by atoms with Gasteiger partial charge in [-0.15, -0.1) is 0 Å². The first kappa shape index (κ1) is 17.6. The second-order valence-corrected chi connectivity index (χ2v) is 6.25. The maximum Gasteiger partial charge on any atom is 0.270 e. The molecule has 134 valence electrons. The molecule has 0 radical (unpaired) electrons. The highest BCUT2D eigenvalue weighted by Gasteiger charge is 2.23. The molecule has 2 aromatic carbocycles. The predicted octanol–water partition coefficient (Wildman–Crippen LogP) is 2.68. The lowest BCUT2D eigenvalue weighted by molar-refractivity contribution is -0.384. The number of anilines is 1. The highest BCUT2D eigenvalue weighted by Crippen LogP contribution is 2.21. The largest absolute Gasteiger partial charge is 0.368 e. The number of benzene rings is 2. The Hall–Kier alpha value is -3.22. The molecule has 1 saturated heterocycles.